The molecule has 0 aliphatic rings. The normalized spacial score (nSPS) is 12.2. The highest BCUT2D eigenvalue weighted by Gasteiger charge is 2.12. The molecule has 0 heterocycles. The maximum absolute atomic E-state index is 13.5. The highest BCUT2D eigenvalue weighted by atomic mass is 19.1. The van der Waals surface area contributed by atoms with Gasteiger partial charge in [0.05, 0.1) is 0 Å². The lowest BCUT2D eigenvalue weighted by Crippen LogP contribution is -2.11. The number of benzene rings is 2. The van der Waals surface area contributed by atoms with E-state index >= 15 is 0 Å². The number of hydrogen-bond acceptors (Lipinski definition) is 2. The maximum atomic E-state index is 13.5. The lowest BCUT2D eigenvalue weighted by atomic mass is 10.0. The number of aryl methyl sites for hydroxylation is 2. The second-order valence-electron chi connectivity index (χ2n) is 4.62. The van der Waals surface area contributed by atoms with E-state index in [1.54, 1.807) is 12.1 Å². The zero-order valence-electron chi connectivity index (χ0n) is 11.1. The minimum atomic E-state index is -0.763. The molecule has 0 bridgehead atoms. The second-order valence-corrected chi connectivity index (χ2v) is 4.62. The van der Waals surface area contributed by atoms with Crippen LogP contribution in [0.15, 0.2) is 42.5 Å². The lowest BCUT2D eigenvalue weighted by molar-refractivity contribution is 0.105. The van der Waals surface area contributed by atoms with Gasteiger partial charge in [-0.1, -0.05) is 30.3 Å². The Hall–Kier alpha value is -1.87. The molecule has 2 nitrogen and oxygen atoms in total. The summed E-state index contributed by atoms with van der Waals surface area (Å²) in [6, 6.07) is 12.2. The van der Waals surface area contributed by atoms with Crippen molar-refractivity contribution < 1.29 is 14.2 Å². The molecule has 0 aromatic heterocycles. The lowest BCUT2D eigenvalue weighted by Gasteiger charge is -2.15. The predicted octanol–water partition coefficient (Wildman–Crippen LogP) is 3.55. The summed E-state index contributed by atoms with van der Waals surface area (Å²) < 4.78 is 18.9. The van der Waals surface area contributed by atoms with E-state index in [4.69, 9.17) is 4.74 Å². The van der Waals surface area contributed by atoms with E-state index in [0.717, 1.165) is 16.7 Å². The average Bonchev–Trinajstić information content (AvgIpc) is 2.40. The first-order chi connectivity index (χ1) is 9.08. The van der Waals surface area contributed by atoms with Crippen LogP contribution in [0.1, 0.15) is 22.8 Å². The molecule has 0 fully saturated rings. The summed E-state index contributed by atoms with van der Waals surface area (Å²) in [6.07, 6.45) is -0.763. The van der Waals surface area contributed by atoms with Crippen molar-refractivity contribution in [1.82, 2.24) is 0 Å². The standard InChI is InChI=1S/C16H17FO2/c1-11-7-8-14(17)16(9-11)19-10-15(18)13-6-4-3-5-12(13)2/h3-9,15,18H,10H2,1-2H3. The fourth-order valence-corrected chi connectivity index (χ4v) is 1.94. The topological polar surface area (TPSA) is 29.5 Å². The molecular formula is C16H17FO2. The summed E-state index contributed by atoms with van der Waals surface area (Å²) in [5.74, 6) is -0.241. The molecule has 0 saturated carbocycles. The van der Waals surface area contributed by atoms with Gasteiger partial charge in [-0.05, 0) is 42.7 Å². The van der Waals surface area contributed by atoms with Gasteiger partial charge in [0.15, 0.2) is 11.6 Å². The van der Waals surface area contributed by atoms with E-state index in [-0.39, 0.29) is 12.4 Å². The third-order valence-electron chi connectivity index (χ3n) is 3.03. The monoisotopic (exact) mass is 260 g/mol. The number of rotatable bonds is 4. The Balaban J connectivity index is 2.06. The molecule has 1 atom stereocenters. The van der Waals surface area contributed by atoms with Crippen molar-refractivity contribution in [3.05, 3.63) is 65.0 Å². The van der Waals surface area contributed by atoms with E-state index < -0.39 is 11.9 Å². The van der Waals surface area contributed by atoms with Crippen molar-refractivity contribution in [3.63, 3.8) is 0 Å². The van der Waals surface area contributed by atoms with Crippen LogP contribution in [-0.4, -0.2) is 11.7 Å². The van der Waals surface area contributed by atoms with Gasteiger partial charge in [0.2, 0.25) is 0 Å². The molecule has 100 valence electrons. The number of aliphatic hydroxyl groups is 1. The van der Waals surface area contributed by atoms with E-state index in [0.29, 0.717) is 0 Å². The Morgan fingerprint density at radius 2 is 1.89 bits per heavy atom. The summed E-state index contributed by atoms with van der Waals surface area (Å²) in [5.41, 5.74) is 2.71. The summed E-state index contributed by atoms with van der Waals surface area (Å²) in [5, 5.41) is 10.1. The minimum Gasteiger partial charge on any atom is -0.487 e. The smallest absolute Gasteiger partial charge is 0.165 e. The molecule has 1 unspecified atom stereocenters. The van der Waals surface area contributed by atoms with E-state index in [2.05, 4.69) is 0 Å². The van der Waals surface area contributed by atoms with Crippen LogP contribution in [0.3, 0.4) is 0 Å². The molecule has 2 aromatic carbocycles. The molecule has 1 N–H and O–H groups in total. The molecule has 0 spiro atoms. The summed E-state index contributed by atoms with van der Waals surface area (Å²) in [6.45, 7) is 3.82. The largest absolute Gasteiger partial charge is 0.487 e. The van der Waals surface area contributed by atoms with Crippen LogP contribution in [0, 0.1) is 19.7 Å². The van der Waals surface area contributed by atoms with Crippen LogP contribution in [-0.2, 0) is 0 Å². The summed E-state index contributed by atoms with van der Waals surface area (Å²) in [7, 11) is 0. The molecule has 0 aliphatic heterocycles. The Kier molecular flexibility index (Phi) is 4.17. The SMILES string of the molecule is Cc1ccc(F)c(OCC(O)c2ccccc2C)c1. The average molecular weight is 260 g/mol. The first-order valence-electron chi connectivity index (χ1n) is 6.20. The fraction of sp³-hybridized carbons (Fsp3) is 0.250. The van der Waals surface area contributed by atoms with Crippen LogP contribution in [0.4, 0.5) is 4.39 Å². The Morgan fingerprint density at radius 3 is 2.63 bits per heavy atom. The first kappa shape index (κ1) is 13.6. The number of ether oxygens (including phenoxy) is 1. The van der Waals surface area contributed by atoms with Gasteiger partial charge in [0, 0.05) is 0 Å². The maximum Gasteiger partial charge on any atom is 0.165 e. The molecule has 0 aliphatic carbocycles. The summed E-state index contributed by atoms with van der Waals surface area (Å²) >= 11 is 0. The fourth-order valence-electron chi connectivity index (χ4n) is 1.94. The molecule has 2 aromatic rings. The van der Waals surface area contributed by atoms with Crippen molar-refractivity contribution in [2.45, 2.75) is 20.0 Å². The van der Waals surface area contributed by atoms with Crippen molar-refractivity contribution in [2.24, 2.45) is 0 Å². The zero-order valence-corrected chi connectivity index (χ0v) is 11.1. The van der Waals surface area contributed by atoms with Gasteiger partial charge in [-0.2, -0.15) is 0 Å². The van der Waals surface area contributed by atoms with Gasteiger partial charge in [0.1, 0.15) is 12.7 Å². The van der Waals surface area contributed by atoms with Crippen LogP contribution >= 0.6 is 0 Å². The first-order valence-corrected chi connectivity index (χ1v) is 6.20. The summed E-state index contributed by atoms with van der Waals surface area (Å²) in [4.78, 5) is 0. The molecule has 3 heteroatoms. The van der Waals surface area contributed by atoms with Crippen molar-refractivity contribution in [2.75, 3.05) is 6.61 Å². The van der Waals surface area contributed by atoms with Crippen molar-refractivity contribution in [1.29, 1.82) is 0 Å². The van der Waals surface area contributed by atoms with Crippen LogP contribution in [0.2, 0.25) is 0 Å². The van der Waals surface area contributed by atoms with Crippen LogP contribution in [0.5, 0.6) is 5.75 Å². The van der Waals surface area contributed by atoms with Gasteiger partial charge in [-0.15, -0.1) is 0 Å². The third kappa shape index (κ3) is 3.32. The van der Waals surface area contributed by atoms with E-state index in [9.17, 15) is 9.50 Å². The zero-order chi connectivity index (χ0) is 13.8. The molecule has 0 amide bonds. The molecule has 0 radical (unpaired) electrons. The highest BCUT2D eigenvalue weighted by Crippen LogP contribution is 2.22. The van der Waals surface area contributed by atoms with Gasteiger partial charge in [-0.3, -0.25) is 0 Å². The Morgan fingerprint density at radius 1 is 1.16 bits per heavy atom. The van der Waals surface area contributed by atoms with Gasteiger partial charge in [0.25, 0.3) is 0 Å². The second kappa shape index (κ2) is 5.85. The van der Waals surface area contributed by atoms with Gasteiger partial charge < -0.3 is 9.84 Å². The van der Waals surface area contributed by atoms with Crippen LogP contribution in [0.25, 0.3) is 0 Å². The third-order valence-corrected chi connectivity index (χ3v) is 3.03. The Labute approximate surface area is 112 Å². The van der Waals surface area contributed by atoms with Gasteiger partial charge in [-0.25, -0.2) is 4.39 Å². The Bertz CT molecular complexity index is 566. The van der Waals surface area contributed by atoms with Crippen LogP contribution < -0.4 is 4.74 Å². The number of aliphatic hydroxyl groups excluding tert-OH is 1. The molecule has 0 saturated heterocycles. The van der Waals surface area contributed by atoms with Crippen molar-refractivity contribution >= 4 is 0 Å². The van der Waals surface area contributed by atoms with E-state index in [1.165, 1.54) is 6.07 Å². The quantitative estimate of drug-likeness (QED) is 0.910. The molecular weight excluding hydrogens is 243 g/mol. The van der Waals surface area contributed by atoms with Gasteiger partial charge >= 0.3 is 0 Å². The molecule has 2 rings (SSSR count). The van der Waals surface area contributed by atoms with E-state index in [1.807, 2.05) is 38.1 Å². The molecule has 19 heavy (non-hydrogen) atoms. The predicted molar refractivity (Wildman–Crippen MR) is 72.8 cm³/mol. The number of hydrogen-bond donors (Lipinski definition) is 1. The highest BCUT2D eigenvalue weighted by molar-refractivity contribution is 5.30. The van der Waals surface area contributed by atoms with Crippen molar-refractivity contribution in [3.8, 4) is 5.75 Å². The minimum absolute atomic E-state index is 0.0330. The number of halogens is 1.